The van der Waals surface area contributed by atoms with Gasteiger partial charge in [-0.3, -0.25) is 4.79 Å². The predicted molar refractivity (Wildman–Crippen MR) is 140 cm³/mol. The number of piperidine rings is 1. The highest BCUT2D eigenvalue weighted by Crippen LogP contribution is 2.42. The van der Waals surface area contributed by atoms with Gasteiger partial charge in [-0.25, -0.2) is 13.6 Å². The second kappa shape index (κ2) is 12.4. The van der Waals surface area contributed by atoms with Gasteiger partial charge in [0.2, 0.25) is 0 Å². The van der Waals surface area contributed by atoms with Gasteiger partial charge in [-0.1, -0.05) is 24.3 Å². The third-order valence-corrected chi connectivity index (χ3v) is 7.20. The Balaban J connectivity index is 1.35. The van der Waals surface area contributed by atoms with Crippen molar-refractivity contribution >= 4 is 11.8 Å². The van der Waals surface area contributed by atoms with Crippen molar-refractivity contribution in [3.8, 4) is 11.5 Å². The zero-order chi connectivity index (χ0) is 28.0. The van der Waals surface area contributed by atoms with Gasteiger partial charge in [0.25, 0.3) is 5.78 Å². The van der Waals surface area contributed by atoms with Crippen molar-refractivity contribution in [3.63, 3.8) is 0 Å². The fourth-order valence-corrected chi connectivity index (χ4v) is 5.19. The summed E-state index contributed by atoms with van der Waals surface area (Å²) in [6.45, 7) is 2.52. The highest BCUT2D eigenvalue weighted by Gasteiger charge is 2.42. The molecule has 0 aromatic heterocycles. The Kier molecular flexibility index (Phi) is 8.93. The maximum atomic E-state index is 14.1. The molecule has 2 N–H and O–H groups in total. The Bertz CT molecular complexity index is 1280. The largest absolute Gasteiger partial charge is 0.493 e. The molecule has 4 rings (SSSR count). The number of ether oxygens (including phenoxy) is 2. The number of halogens is 2. The Morgan fingerprint density at radius 2 is 1.56 bits per heavy atom. The van der Waals surface area contributed by atoms with E-state index in [9.17, 15) is 23.5 Å². The minimum Gasteiger partial charge on any atom is -0.493 e. The summed E-state index contributed by atoms with van der Waals surface area (Å²) in [5.74, 6) is -3.03. The Morgan fingerprint density at radius 1 is 0.949 bits per heavy atom. The quantitative estimate of drug-likeness (QED) is 0.208. The van der Waals surface area contributed by atoms with Crippen LogP contribution in [0.4, 0.5) is 8.78 Å². The molecule has 1 saturated heterocycles. The molecule has 1 aliphatic rings. The highest BCUT2D eigenvalue weighted by atomic mass is 19.1. The number of ketones is 1. The van der Waals surface area contributed by atoms with E-state index in [0.717, 1.165) is 6.54 Å². The van der Waals surface area contributed by atoms with Crippen molar-refractivity contribution < 1.29 is 38.1 Å². The second-order valence-electron chi connectivity index (χ2n) is 9.60. The van der Waals surface area contributed by atoms with Gasteiger partial charge in [-0.05, 0) is 91.9 Å². The number of aliphatic hydroxyl groups is 1. The fraction of sp³-hybridized carbons (Fsp3) is 0.333. The number of methoxy groups -OCH3 is 1. The number of hydrogen-bond acceptors (Lipinski definition) is 6. The molecule has 1 fully saturated rings. The van der Waals surface area contributed by atoms with E-state index in [1.54, 1.807) is 24.3 Å². The van der Waals surface area contributed by atoms with Gasteiger partial charge >= 0.3 is 5.97 Å². The average molecular weight is 540 g/mol. The molecule has 0 atom stereocenters. The molecule has 39 heavy (non-hydrogen) atoms. The molecule has 0 amide bonds. The van der Waals surface area contributed by atoms with Gasteiger partial charge < -0.3 is 24.6 Å². The van der Waals surface area contributed by atoms with Gasteiger partial charge in [-0.2, -0.15) is 0 Å². The van der Waals surface area contributed by atoms with Crippen molar-refractivity contribution in [2.45, 2.75) is 24.9 Å². The first-order valence-corrected chi connectivity index (χ1v) is 12.8. The SMILES string of the molecule is COc1cc(C(=O)C(=O)O)ccc1OCCCN1CCC(C(O)(c2cccc(F)c2)c2cccc(F)c2)CC1. The minimum atomic E-state index is -1.54. The zero-order valence-electron chi connectivity index (χ0n) is 21.6. The topological polar surface area (TPSA) is 96.3 Å². The van der Waals surface area contributed by atoms with E-state index >= 15 is 0 Å². The number of benzene rings is 3. The van der Waals surface area contributed by atoms with Crippen LogP contribution in [0.3, 0.4) is 0 Å². The molecule has 1 aliphatic heterocycles. The van der Waals surface area contributed by atoms with Crippen LogP contribution >= 0.6 is 0 Å². The van der Waals surface area contributed by atoms with Crippen molar-refractivity contribution in [3.05, 3.63) is 95.1 Å². The molecule has 0 unspecified atom stereocenters. The minimum absolute atomic E-state index is 0.00557. The van der Waals surface area contributed by atoms with Gasteiger partial charge in [0.1, 0.15) is 17.2 Å². The van der Waals surface area contributed by atoms with Crippen LogP contribution in [0.15, 0.2) is 66.7 Å². The van der Waals surface area contributed by atoms with Crippen molar-refractivity contribution in [1.82, 2.24) is 4.90 Å². The molecule has 1 heterocycles. The molecule has 0 saturated carbocycles. The lowest BCUT2D eigenvalue weighted by atomic mass is 9.72. The first-order valence-electron chi connectivity index (χ1n) is 12.8. The number of aliphatic carboxylic acids is 1. The molecule has 9 heteroatoms. The van der Waals surface area contributed by atoms with Crippen LogP contribution in [0.1, 0.15) is 40.7 Å². The van der Waals surface area contributed by atoms with Crippen molar-refractivity contribution in [2.75, 3.05) is 33.4 Å². The molecule has 3 aromatic carbocycles. The van der Waals surface area contributed by atoms with E-state index in [-0.39, 0.29) is 17.2 Å². The third-order valence-electron chi connectivity index (χ3n) is 7.20. The number of rotatable bonds is 11. The highest BCUT2D eigenvalue weighted by molar-refractivity contribution is 6.39. The second-order valence-corrected chi connectivity index (χ2v) is 9.60. The standard InChI is InChI=1S/C30H31F2NO6/c1-38-27-17-20(28(34)29(35)36)9-10-26(27)39-16-4-13-33-14-11-21(12-15-33)30(37,22-5-2-7-24(31)18-22)23-6-3-8-25(32)19-23/h2-3,5-10,17-19,21,37H,4,11-16H2,1H3,(H,35,36). The molecule has 0 aliphatic carbocycles. The molecule has 0 bridgehead atoms. The molecule has 206 valence electrons. The summed E-state index contributed by atoms with van der Waals surface area (Å²) in [6, 6.07) is 16.0. The maximum absolute atomic E-state index is 14.1. The number of carboxylic acids is 1. The van der Waals surface area contributed by atoms with E-state index in [1.807, 2.05) is 0 Å². The number of nitrogens with zero attached hydrogens (tertiary/aromatic N) is 1. The third kappa shape index (κ3) is 6.43. The number of carbonyl (C=O) groups excluding carboxylic acids is 1. The fourth-order valence-electron chi connectivity index (χ4n) is 5.19. The average Bonchev–Trinajstić information content (AvgIpc) is 2.94. The molecule has 3 aromatic rings. The number of likely N-dealkylation sites (tertiary alicyclic amines) is 1. The molecular formula is C30H31F2NO6. The first kappa shape index (κ1) is 28.2. The van der Waals surface area contributed by atoms with Crippen molar-refractivity contribution in [1.29, 1.82) is 0 Å². The van der Waals surface area contributed by atoms with Gasteiger partial charge in [0.05, 0.1) is 13.7 Å². The number of carbonyl (C=O) groups is 2. The summed E-state index contributed by atoms with van der Waals surface area (Å²) in [7, 11) is 1.41. The van der Waals surface area contributed by atoms with Crippen molar-refractivity contribution in [2.24, 2.45) is 5.92 Å². The van der Waals surface area contributed by atoms with E-state index in [1.165, 1.54) is 49.6 Å². The summed E-state index contributed by atoms with van der Waals surface area (Å²) in [5, 5.41) is 20.8. The maximum Gasteiger partial charge on any atom is 0.377 e. The van der Waals surface area contributed by atoms with Crippen LogP contribution in [-0.2, 0) is 10.4 Å². The van der Waals surface area contributed by atoms with Gasteiger partial charge in [0, 0.05) is 12.1 Å². The summed E-state index contributed by atoms with van der Waals surface area (Å²) < 4.78 is 39.3. The molecule has 0 spiro atoms. The van der Waals surface area contributed by atoms with Crippen LogP contribution in [-0.4, -0.2) is 60.2 Å². The molecule has 7 nitrogen and oxygen atoms in total. The lowest BCUT2D eigenvalue weighted by Crippen LogP contribution is -2.44. The summed E-state index contributed by atoms with van der Waals surface area (Å²) in [5.41, 5.74) is -0.703. The van der Waals surface area contributed by atoms with E-state index in [4.69, 9.17) is 14.6 Å². The zero-order valence-corrected chi connectivity index (χ0v) is 21.6. The van der Waals surface area contributed by atoms with Crippen LogP contribution in [0.2, 0.25) is 0 Å². The van der Waals surface area contributed by atoms with Gasteiger partial charge in [0.15, 0.2) is 11.5 Å². The summed E-state index contributed by atoms with van der Waals surface area (Å²) in [6.07, 6.45) is 1.97. The van der Waals surface area contributed by atoms with Crippen LogP contribution in [0.5, 0.6) is 11.5 Å². The van der Waals surface area contributed by atoms with E-state index < -0.39 is 29.0 Å². The van der Waals surface area contributed by atoms with Crippen LogP contribution in [0.25, 0.3) is 0 Å². The lowest BCUT2D eigenvalue weighted by Gasteiger charge is -2.42. The number of hydrogen-bond donors (Lipinski definition) is 2. The smallest absolute Gasteiger partial charge is 0.377 e. The summed E-state index contributed by atoms with van der Waals surface area (Å²) >= 11 is 0. The predicted octanol–water partition coefficient (Wildman–Crippen LogP) is 4.66. The van der Waals surface area contributed by atoms with Crippen LogP contribution < -0.4 is 9.47 Å². The van der Waals surface area contributed by atoms with E-state index in [2.05, 4.69) is 4.90 Å². The molecular weight excluding hydrogens is 508 g/mol. The molecule has 0 radical (unpaired) electrons. The Labute approximate surface area is 225 Å². The first-order chi connectivity index (χ1) is 18.7. The van der Waals surface area contributed by atoms with E-state index in [0.29, 0.717) is 55.8 Å². The number of carboxylic acid groups (broad SMARTS) is 1. The Hall–Kier alpha value is -3.82. The summed E-state index contributed by atoms with van der Waals surface area (Å²) in [4.78, 5) is 24.9. The Morgan fingerprint density at radius 3 is 2.10 bits per heavy atom. The number of Topliss-reactive ketones (excluding diaryl/α,β-unsaturated/α-hetero) is 1. The van der Waals surface area contributed by atoms with Crippen LogP contribution in [0, 0.1) is 17.6 Å². The lowest BCUT2D eigenvalue weighted by molar-refractivity contribution is -0.131. The normalized spacial score (nSPS) is 14.7. The van der Waals surface area contributed by atoms with Gasteiger partial charge in [-0.15, -0.1) is 0 Å². The monoisotopic (exact) mass is 539 g/mol.